The lowest BCUT2D eigenvalue weighted by atomic mass is 9.84. The van der Waals surface area contributed by atoms with Gasteiger partial charge in [0.25, 0.3) is 11.8 Å². The van der Waals surface area contributed by atoms with Crippen molar-refractivity contribution in [2.45, 2.75) is 38.1 Å². The number of nitrogens with one attached hydrogen (secondary N) is 1. The maximum Gasteiger partial charge on any atom is 0.270 e. The number of rotatable bonds is 3. The third-order valence-corrected chi connectivity index (χ3v) is 7.47. The van der Waals surface area contributed by atoms with Gasteiger partial charge in [0.2, 0.25) is 0 Å². The summed E-state index contributed by atoms with van der Waals surface area (Å²) in [4.78, 5) is 34.6. The van der Waals surface area contributed by atoms with Crippen LogP contribution in [0.25, 0.3) is 10.1 Å². The highest BCUT2D eigenvalue weighted by Gasteiger charge is 2.35. The number of nitrogens with zero attached hydrogens (tertiary/aromatic N) is 3. The molecule has 0 aliphatic carbocycles. The van der Waals surface area contributed by atoms with E-state index in [1.807, 2.05) is 10.3 Å². The highest BCUT2D eigenvalue weighted by molar-refractivity contribution is 7.17. The van der Waals surface area contributed by atoms with E-state index >= 15 is 0 Å². The quantitative estimate of drug-likeness (QED) is 0.863. The van der Waals surface area contributed by atoms with Gasteiger partial charge in [-0.2, -0.15) is 0 Å². The second kappa shape index (κ2) is 7.44. The topological polar surface area (TPSA) is 65.5 Å². The van der Waals surface area contributed by atoms with E-state index in [4.69, 9.17) is 0 Å². The number of likely N-dealkylation sites (tertiary alicyclic amines) is 1. The van der Waals surface area contributed by atoms with E-state index in [-0.39, 0.29) is 17.9 Å². The summed E-state index contributed by atoms with van der Waals surface area (Å²) < 4.78 is 0.958. The van der Waals surface area contributed by atoms with Gasteiger partial charge in [-0.05, 0) is 57.2 Å². The van der Waals surface area contributed by atoms with Crippen LogP contribution in [-0.2, 0) is 0 Å². The van der Waals surface area contributed by atoms with E-state index in [1.54, 1.807) is 12.3 Å². The minimum absolute atomic E-state index is 0.0842. The summed E-state index contributed by atoms with van der Waals surface area (Å²) in [5, 5.41) is 5.97. The number of thiophene rings is 1. The third-order valence-electron chi connectivity index (χ3n) is 6.54. The van der Waals surface area contributed by atoms with Gasteiger partial charge in [0, 0.05) is 42.6 Å². The predicted molar refractivity (Wildman–Crippen MR) is 110 cm³/mol. The van der Waals surface area contributed by atoms with Crippen LogP contribution < -0.4 is 5.32 Å². The molecule has 2 amide bonds. The number of aromatic nitrogens is 1. The lowest BCUT2D eigenvalue weighted by molar-refractivity contribution is 0.0617. The first-order chi connectivity index (χ1) is 13.7. The van der Waals surface area contributed by atoms with Crippen LogP contribution in [0.5, 0.6) is 0 Å². The van der Waals surface area contributed by atoms with Crippen LogP contribution in [0.4, 0.5) is 0 Å². The molecule has 0 aromatic carbocycles. The molecular formula is C21H26N4O2S. The van der Waals surface area contributed by atoms with Crippen molar-refractivity contribution in [3.05, 3.63) is 28.9 Å². The van der Waals surface area contributed by atoms with Gasteiger partial charge in [0.1, 0.15) is 5.69 Å². The van der Waals surface area contributed by atoms with Gasteiger partial charge < -0.3 is 15.1 Å². The summed E-state index contributed by atoms with van der Waals surface area (Å²) in [6.45, 7) is 4.90. The zero-order valence-corrected chi connectivity index (χ0v) is 16.8. The molecule has 6 rings (SSSR count). The number of hydrogen-bond donors (Lipinski definition) is 1. The number of carbonyl (C=O) groups excluding carboxylic acids is 2. The first-order valence-electron chi connectivity index (χ1n) is 10.4. The average Bonchev–Trinajstić information content (AvgIpc) is 3.18. The van der Waals surface area contributed by atoms with Gasteiger partial charge in [-0.3, -0.25) is 9.59 Å². The van der Waals surface area contributed by atoms with Gasteiger partial charge in [0.15, 0.2) is 0 Å². The SMILES string of the molecule is O=C(N[C@H]1CN2CCC1CC2)c1cc2c(C(=O)N3CCCCC3)csc2cn1. The van der Waals surface area contributed by atoms with E-state index in [0.717, 1.165) is 68.5 Å². The lowest BCUT2D eigenvalue weighted by Crippen LogP contribution is -2.57. The Labute approximate surface area is 168 Å². The van der Waals surface area contributed by atoms with Crippen molar-refractivity contribution in [1.29, 1.82) is 0 Å². The van der Waals surface area contributed by atoms with Crippen LogP contribution in [-0.4, -0.2) is 65.4 Å². The molecule has 1 N–H and O–H groups in total. The van der Waals surface area contributed by atoms with E-state index in [0.29, 0.717) is 17.2 Å². The minimum atomic E-state index is -0.122. The van der Waals surface area contributed by atoms with Crippen LogP contribution in [0.3, 0.4) is 0 Å². The molecule has 2 aromatic rings. The maximum absolute atomic E-state index is 13.0. The number of amides is 2. The molecular weight excluding hydrogens is 372 g/mol. The number of fused-ring (bicyclic) bond motifs is 4. The third kappa shape index (κ3) is 3.31. The van der Waals surface area contributed by atoms with Crippen molar-refractivity contribution >= 4 is 33.2 Å². The molecule has 4 aliphatic rings. The first-order valence-corrected chi connectivity index (χ1v) is 11.3. The normalized spacial score (nSPS) is 27.1. The number of piperidine rings is 4. The van der Waals surface area contributed by atoms with Crippen molar-refractivity contribution in [2.75, 3.05) is 32.7 Å². The van der Waals surface area contributed by atoms with Crippen molar-refractivity contribution in [2.24, 2.45) is 5.92 Å². The van der Waals surface area contributed by atoms with E-state index in [1.165, 1.54) is 17.8 Å². The molecule has 2 bridgehead atoms. The Bertz CT molecular complexity index is 897. The van der Waals surface area contributed by atoms with Crippen molar-refractivity contribution in [1.82, 2.24) is 20.1 Å². The first kappa shape index (κ1) is 18.1. The molecule has 0 radical (unpaired) electrons. The molecule has 7 heteroatoms. The molecule has 0 saturated carbocycles. The Morgan fingerprint density at radius 1 is 1.11 bits per heavy atom. The Hall–Kier alpha value is -1.99. The molecule has 0 spiro atoms. The Kier molecular flexibility index (Phi) is 4.80. The fourth-order valence-electron chi connectivity index (χ4n) is 4.86. The monoisotopic (exact) mass is 398 g/mol. The number of pyridine rings is 1. The summed E-state index contributed by atoms with van der Waals surface area (Å²) in [6.07, 6.45) is 7.40. The van der Waals surface area contributed by atoms with Crippen LogP contribution in [0.1, 0.15) is 53.0 Å². The molecule has 2 aromatic heterocycles. The molecule has 0 unspecified atom stereocenters. The largest absolute Gasteiger partial charge is 0.346 e. The molecule has 6 heterocycles. The minimum Gasteiger partial charge on any atom is -0.346 e. The Morgan fingerprint density at radius 3 is 2.61 bits per heavy atom. The molecule has 6 nitrogen and oxygen atoms in total. The summed E-state index contributed by atoms with van der Waals surface area (Å²) in [6, 6.07) is 2.02. The van der Waals surface area contributed by atoms with Crippen molar-refractivity contribution in [3.63, 3.8) is 0 Å². The molecule has 4 aliphatic heterocycles. The number of hydrogen-bond acceptors (Lipinski definition) is 5. The van der Waals surface area contributed by atoms with Gasteiger partial charge >= 0.3 is 0 Å². The highest BCUT2D eigenvalue weighted by Crippen LogP contribution is 2.29. The second-order valence-electron chi connectivity index (χ2n) is 8.29. The molecule has 148 valence electrons. The van der Waals surface area contributed by atoms with E-state index in [2.05, 4.69) is 15.2 Å². The fourth-order valence-corrected chi connectivity index (χ4v) is 5.74. The molecule has 1 atom stereocenters. The van der Waals surface area contributed by atoms with Crippen LogP contribution in [0.15, 0.2) is 17.6 Å². The summed E-state index contributed by atoms with van der Waals surface area (Å²) >= 11 is 1.52. The zero-order valence-electron chi connectivity index (χ0n) is 16.0. The molecule has 28 heavy (non-hydrogen) atoms. The number of carbonyl (C=O) groups is 2. The van der Waals surface area contributed by atoms with Gasteiger partial charge in [-0.25, -0.2) is 4.98 Å². The molecule has 4 saturated heterocycles. The second-order valence-corrected chi connectivity index (χ2v) is 9.20. The predicted octanol–water partition coefficient (Wildman–Crippen LogP) is 2.75. The maximum atomic E-state index is 13.0. The van der Waals surface area contributed by atoms with E-state index in [9.17, 15) is 9.59 Å². The fraction of sp³-hybridized carbons (Fsp3) is 0.571. The summed E-state index contributed by atoms with van der Waals surface area (Å²) in [5.74, 6) is 0.541. The van der Waals surface area contributed by atoms with Crippen LogP contribution >= 0.6 is 11.3 Å². The molecule has 4 fully saturated rings. The summed E-state index contributed by atoms with van der Waals surface area (Å²) in [5.41, 5.74) is 1.12. The van der Waals surface area contributed by atoms with Gasteiger partial charge in [-0.1, -0.05) is 0 Å². The average molecular weight is 399 g/mol. The van der Waals surface area contributed by atoms with Gasteiger partial charge in [-0.15, -0.1) is 11.3 Å². The highest BCUT2D eigenvalue weighted by atomic mass is 32.1. The van der Waals surface area contributed by atoms with Crippen molar-refractivity contribution in [3.8, 4) is 0 Å². The van der Waals surface area contributed by atoms with E-state index < -0.39 is 0 Å². The van der Waals surface area contributed by atoms with Crippen LogP contribution in [0.2, 0.25) is 0 Å². The van der Waals surface area contributed by atoms with Gasteiger partial charge in [0.05, 0.1) is 10.3 Å². The smallest absolute Gasteiger partial charge is 0.270 e. The van der Waals surface area contributed by atoms with Crippen LogP contribution in [0, 0.1) is 5.92 Å². The standard InChI is InChI=1S/C21H26N4O2S/c26-20(23-18-12-24-8-4-14(18)5-9-24)17-10-15-16(13-28-19(15)11-22-17)21(27)25-6-2-1-3-7-25/h10-11,13-14,18H,1-9,12H2,(H,23,26)/t18-/m0/s1. The Morgan fingerprint density at radius 2 is 1.89 bits per heavy atom. The van der Waals surface area contributed by atoms with Crippen molar-refractivity contribution < 1.29 is 9.59 Å². The summed E-state index contributed by atoms with van der Waals surface area (Å²) in [7, 11) is 0. The zero-order chi connectivity index (χ0) is 19.1. The Balaban J connectivity index is 1.36. The lowest BCUT2D eigenvalue weighted by Gasteiger charge is -2.44.